The van der Waals surface area contributed by atoms with Gasteiger partial charge in [-0.3, -0.25) is 4.79 Å². The lowest BCUT2D eigenvalue weighted by atomic mass is 10.1. The van der Waals surface area contributed by atoms with Crippen LogP contribution in [0.15, 0.2) is 94.7 Å². The Labute approximate surface area is 159 Å². The van der Waals surface area contributed by atoms with Crippen molar-refractivity contribution in [2.75, 3.05) is 0 Å². The number of carbonyl (C=O) groups excluding carboxylic acids is 1. The Morgan fingerprint density at radius 1 is 0.815 bits per heavy atom. The number of carbonyl (C=O) groups is 1. The highest BCUT2D eigenvalue weighted by atomic mass is 32.2. The minimum absolute atomic E-state index is 0.0893. The molecule has 0 bridgehead atoms. The van der Waals surface area contributed by atoms with Gasteiger partial charge in [0.05, 0.1) is 9.80 Å². The average Bonchev–Trinajstić information content (AvgIpc) is 2.69. The van der Waals surface area contributed by atoms with Gasteiger partial charge in [-0.15, -0.1) is 0 Å². The summed E-state index contributed by atoms with van der Waals surface area (Å²) in [5.41, 5.74) is 2.21. The van der Waals surface area contributed by atoms with Gasteiger partial charge in [0.25, 0.3) is 0 Å². The standard InChI is InChI=1S/C23H20O3S/c1-18-12-14-21(15-13-18)27(25,26)22(16-19-8-4-2-5-9-19)17-23(24)20-10-6-3-7-11-20/h2-16H,17H2,1H3/b22-16-. The van der Waals surface area contributed by atoms with Crippen molar-refractivity contribution in [2.24, 2.45) is 0 Å². The molecular weight excluding hydrogens is 356 g/mol. The zero-order valence-corrected chi connectivity index (χ0v) is 15.8. The maximum absolute atomic E-state index is 13.2. The molecule has 0 radical (unpaired) electrons. The normalized spacial score (nSPS) is 12.0. The molecule has 0 aromatic heterocycles. The lowest BCUT2D eigenvalue weighted by Crippen LogP contribution is -2.10. The van der Waals surface area contributed by atoms with E-state index in [0.717, 1.165) is 11.1 Å². The summed E-state index contributed by atoms with van der Waals surface area (Å²) in [6.07, 6.45) is 1.39. The summed E-state index contributed by atoms with van der Waals surface area (Å²) in [5.74, 6) is -0.228. The molecule has 0 amide bonds. The third-order valence-electron chi connectivity index (χ3n) is 4.23. The van der Waals surface area contributed by atoms with Gasteiger partial charge < -0.3 is 0 Å². The van der Waals surface area contributed by atoms with E-state index >= 15 is 0 Å². The van der Waals surface area contributed by atoms with Crippen molar-refractivity contribution < 1.29 is 13.2 Å². The van der Waals surface area contributed by atoms with Crippen molar-refractivity contribution in [1.82, 2.24) is 0 Å². The van der Waals surface area contributed by atoms with E-state index in [4.69, 9.17) is 0 Å². The van der Waals surface area contributed by atoms with Crippen LogP contribution >= 0.6 is 0 Å². The number of allylic oxidation sites excluding steroid dienone is 1. The maximum Gasteiger partial charge on any atom is 0.203 e. The van der Waals surface area contributed by atoms with Crippen LogP contribution in [0, 0.1) is 6.92 Å². The second-order valence-corrected chi connectivity index (χ2v) is 8.31. The first-order valence-electron chi connectivity index (χ1n) is 8.62. The number of Topliss-reactive ketones (excluding diaryl/α,β-unsaturated/α-hetero) is 1. The summed E-state index contributed by atoms with van der Waals surface area (Å²) in [7, 11) is -3.78. The van der Waals surface area contributed by atoms with Crippen LogP contribution in [0.1, 0.15) is 27.9 Å². The van der Waals surface area contributed by atoms with Crippen molar-refractivity contribution in [1.29, 1.82) is 0 Å². The van der Waals surface area contributed by atoms with Gasteiger partial charge in [0.1, 0.15) is 0 Å². The highest BCUT2D eigenvalue weighted by Crippen LogP contribution is 2.26. The van der Waals surface area contributed by atoms with Gasteiger partial charge in [-0.05, 0) is 30.7 Å². The molecule has 27 heavy (non-hydrogen) atoms. The number of aryl methyl sites for hydroxylation is 1. The fourth-order valence-corrected chi connectivity index (χ4v) is 4.12. The van der Waals surface area contributed by atoms with Gasteiger partial charge in [-0.25, -0.2) is 8.42 Å². The largest absolute Gasteiger partial charge is 0.294 e. The van der Waals surface area contributed by atoms with Crippen molar-refractivity contribution in [3.8, 4) is 0 Å². The van der Waals surface area contributed by atoms with E-state index in [0.29, 0.717) is 5.56 Å². The molecule has 0 saturated heterocycles. The third kappa shape index (κ3) is 4.60. The fourth-order valence-electron chi connectivity index (χ4n) is 2.71. The molecule has 0 spiro atoms. The van der Waals surface area contributed by atoms with E-state index in [-0.39, 0.29) is 22.0 Å². The lowest BCUT2D eigenvalue weighted by molar-refractivity contribution is 0.0994. The summed E-state index contributed by atoms with van der Waals surface area (Å²) >= 11 is 0. The third-order valence-corrected chi connectivity index (χ3v) is 6.08. The number of benzene rings is 3. The highest BCUT2D eigenvalue weighted by molar-refractivity contribution is 7.95. The number of hydrogen-bond acceptors (Lipinski definition) is 3. The van der Waals surface area contributed by atoms with Crippen LogP contribution in [0.3, 0.4) is 0 Å². The fraction of sp³-hybridized carbons (Fsp3) is 0.0870. The quantitative estimate of drug-likeness (QED) is 0.564. The molecular formula is C23H20O3S. The topological polar surface area (TPSA) is 51.2 Å². The molecule has 0 aliphatic rings. The first-order chi connectivity index (χ1) is 13.0. The Kier molecular flexibility index (Phi) is 5.67. The molecule has 4 heteroatoms. The molecule has 0 N–H and O–H groups in total. The molecule has 3 nitrogen and oxygen atoms in total. The van der Waals surface area contributed by atoms with Gasteiger partial charge in [0.2, 0.25) is 9.84 Å². The molecule has 136 valence electrons. The van der Waals surface area contributed by atoms with E-state index in [1.807, 2.05) is 43.3 Å². The minimum atomic E-state index is -3.78. The molecule has 0 saturated carbocycles. The summed E-state index contributed by atoms with van der Waals surface area (Å²) in [6.45, 7) is 1.90. The van der Waals surface area contributed by atoms with Crippen LogP contribution in [-0.4, -0.2) is 14.2 Å². The second-order valence-electron chi connectivity index (χ2n) is 6.30. The highest BCUT2D eigenvalue weighted by Gasteiger charge is 2.23. The Balaban J connectivity index is 2.03. The molecule has 3 aromatic rings. The molecule has 0 fully saturated rings. The molecule has 3 rings (SSSR count). The zero-order valence-electron chi connectivity index (χ0n) is 15.0. The van der Waals surface area contributed by atoms with E-state index in [1.165, 1.54) is 0 Å². The van der Waals surface area contributed by atoms with E-state index in [1.54, 1.807) is 54.6 Å². The van der Waals surface area contributed by atoms with Gasteiger partial charge in [0, 0.05) is 12.0 Å². The van der Waals surface area contributed by atoms with E-state index in [2.05, 4.69) is 0 Å². The predicted octanol–water partition coefficient (Wildman–Crippen LogP) is 5.08. The molecule has 0 unspecified atom stereocenters. The summed E-state index contributed by atoms with van der Waals surface area (Å²) in [6, 6.07) is 24.6. The van der Waals surface area contributed by atoms with Crippen LogP contribution in [0.25, 0.3) is 6.08 Å². The molecule has 0 aliphatic heterocycles. The summed E-state index contributed by atoms with van der Waals surface area (Å²) in [4.78, 5) is 13.0. The zero-order chi connectivity index (χ0) is 19.3. The Morgan fingerprint density at radius 3 is 1.96 bits per heavy atom. The van der Waals surface area contributed by atoms with Crippen LogP contribution in [0.4, 0.5) is 0 Å². The molecule has 3 aromatic carbocycles. The molecule has 0 atom stereocenters. The SMILES string of the molecule is Cc1ccc(S(=O)(=O)/C(=C\c2ccccc2)CC(=O)c2ccccc2)cc1. The van der Waals surface area contributed by atoms with E-state index < -0.39 is 9.84 Å². The molecule has 0 heterocycles. The van der Waals surface area contributed by atoms with Crippen molar-refractivity contribution in [3.63, 3.8) is 0 Å². The monoisotopic (exact) mass is 376 g/mol. The Morgan fingerprint density at radius 2 is 1.37 bits per heavy atom. The van der Waals surface area contributed by atoms with Gasteiger partial charge in [-0.2, -0.15) is 0 Å². The number of hydrogen-bond donors (Lipinski definition) is 0. The smallest absolute Gasteiger partial charge is 0.203 e. The first kappa shape index (κ1) is 18.8. The second kappa shape index (κ2) is 8.14. The first-order valence-corrected chi connectivity index (χ1v) is 10.1. The summed E-state index contributed by atoms with van der Waals surface area (Å²) < 4.78 is 26.4. The van der Waals surface area contributed by atoms with Crippen LogP contribution in [0.5, 0.6) is 0 Å². The van der Waals surface area contributed by atoms with Crippen LogP contribution in [-0.2, 0) is 9.84 Å². The summed E-state index contributed by atoms with van der Waals surface area (Å²) in [5, 5.41) is 0. The minimum Gasteiger partial charge on any atom is -0.294 e. The van der Waals surface area contributed by atoms with Crippen molar-refractivity contribution >= 4 is 21.7 Å². The average molecular weight is 376 g/mol. The number of ketones is 1. The van der Waals surface area contributed by atoms with Crippen molar-refractivity contribution in [3.05, 3.63) is 107 Å². The van der Waals surface area contributed by atoms with Crippen LogP contribution < -0.4 is 0 Å². The molecule has 0 aliphatic carbocycles. The lowest BCUT2D eigenvalue weighted by Gasteiger charge is -2.10. The van der Waals surface area contributed by atoms with Gasteiger partial charge in [-0.1, -0.05) is 78.4 Å². The van der Waals surface area contributed by atoms with Gasteiger partial charge in [0.15, 0.2) is 5.78 Å². The predicted molar refractivity (Wildman–Crippen MR) is 108 cm³/mol. The maximum atomic E-state index is 13.2. The van der Waals surface area contributed by atoms with Gasteiger partial charge >= 0.3 is 0 Å². The number of rotatable bonds is 6. The Bertz CT molecular complexity index is 1050. The van der Waals surface area contributed by atoms with E-state index in [9.17, 15) is 13.2 Å². The number of sulfone groups is 1. The van der Waals surface area contributed by atoms with Crippen molar-refractivity contribution in [2.45, 2.75) is 18.2 Å². The Hall–Kier alpha value is -2.98. The van der Waals surface area contributed by atoms with Crippen LogP contribution in [0.2, 0.25) is 0 Å².